The van der Waals surface area contributed by atoms with Gasteiger partial charge in [-0.05, 0) is 11.5 Å². The summed E-state index contributed by atoms with van der Waals surface area (Å²) in [4.78, 5) is 0. The van der Waals surface area contributed by atoms with E-state index in [-0.39, 0.29) is 7.47 Å². The third kappa shape index (κ3) is 2.93. The predicted octanol–water partition coefficient (Wildman–Crippen LogP) is 3.65. The summed E-state index contributed by atoms with van der Waals surface area (Å²) in [6.45, 7) is 9.77. The van der Waals surface area contributed by atoms with Gasteiger partial charge in [-0.25, -0.2) is 0 Å². The Morgan fingerprint density at radius 3 is 2.00 bits per heavy atom. The Hall–Kier alpha value is -0.133. The number of benzene rings is 1. The van der Waals surface area contributed by atoms with Gasteiger partial charge in [0.15, 0.2) is 0 Å². The van der Waals surface area contributed by atoms with Crippen molar-refractivity contribution in [3.8, 4) is 0 Å². The molecule has 0 heterocycles. The Morgan fingerprint density at radius 2 is 1.62 bits per heavy atom. The van der Waals surface area contributed by atoms with Crippen LogP contribution in [0.1, 0.15) is 6.92 Å². The summed E-state index contributed by atoms with van der Waals surface area (Å²) in [5.74, 6) is 0. The van der Waals surface area contributed by atoms with Crippen molar-refractivity contribution >= 4 is 20.5 Å². The lowest BCUT2D eigenvalue weighted by atomic mass is 10.4. The quantitative estimate of drug-likeness (QED) is 0.527. The van der Waals surface area contributed by atoms with E-state index >= 15 is 0 Å². The van der Waals surface area contributed by atoms with Crippen LogP contribution in [0.2, 0.25) is 19.6 Å². The smallest absolute Gasteiger partial charge is 0.0773 e. The Balaban J connectivity index is 2.92. The zero-order chi connectivity index (χ0) is 9.90. The molecular formula is C11H19PSi. The largest absolute Gasteiger partial charge is 0.0885 e. The van der Waals surface area contributed by atoms with Crippen LogP contribution in [0, 0.1) is 0 Å². The van der Waals surface area contributed by atoms with E-state index in [0.29, 0.717) is 0 Å². The van der Waals surface area contributed by atoms with Crippen LogP contribution in [0.25, 0.3) is 0 Å². The van der Waals surface area contributed by atoms with E-state index in [1.54, 1.807) is 5.30 Å². The number of hydrogen-bond acceptors (Lipinski definition) is 0. The van der Waals surface area contributed by atoms with Crippen molar-refractivity contribution in [2.24, 2.45) is 0 Å². The van der Waals surface area contributed by atoms with Crippen LogP contribution in [0.15, 0.2) is 30.3 Å². The predicted molar refractivity (Wildman–Crippen MR) is 66.9 cm³/mol. The summed E-state index contributed by atoms with van der Waals surface area (Å²) in [6.07, 6.45) is 1.34. The van der Waals surface area contributed by atoms with Gasteiger partial charge in [0.25, 0.3) is 0 Å². The molecule has 0 aromatic heterocycles. The van der Waals surface area contributed by atoms with Gasteiger partial charge in [-0.1, -0.05) is 64.4 Å². The Morgan fingerprint density at radius 1 is 1.08 bits per heavy atom. The minimum Gasteiger partial charge on any atom is -0.0885 e. The average molecular weight is 210 g/mol. The molecule has 1 aromatic carbocycles. The van der Waals surface area contributed by atoms with Crippen LogP contribution in [0.5, 0.6) is 0 Å². The lowest BCUT2D eigenvalue weighted by Crippen LogP contribution is -2.25. The standard InChI is InChI=1S/C11H19PSi/c1-5-12(13(2,3)4)11-9-7-6-8-10-11/h6-10H,5H2,1-4H3. The van der Waals surface area contributed by atoms with Crippen molar-refractivity contribution in [2.45, 2.75) is 26.6 Å². The Bertz CT molecular complexity index is 251. The van der Waals surface area contributed by atoms with E-state index in [1.165, 1.54) is 6.16 Å². The van der Waals surface area contributed by atoms with Crippen LogP contribution in [0.3, 0.4) is 0 Å². The molecule has 0 saturated carbocycles. The van der Waals surface area contributed by atoms with Crippen LogP contribution in [-0.4, -0.2) is 13.9 Å². The highest BCUT2D eigenvalue weighted by Crippen LogP contribution is 2.44. The highest BCUT2D eigenvalue weighted by atomic mass is 31.4. The first-order valence-corrected chi connectivity index (χ1v) is 10.7. The van der Waals surface area contributed by atoms with E-state index in [9.17, 15) is 0 Å². The summed E-state index contributed by atoms with van der Waals surface area (Å²) in [6, 6.07) is 11.0. The maximum Gasteiger partial charge on any atom is 0.0773 e. The molecule has 0 N–H and O–H groups in total. The molecule has 0 amide bonds. The minimum absolute atomic E-state index is 0.144. The van der Waals surface area contributed by atoms with Gasteiger partial charge in [0, 0.05) is 0 Å². The second-order valence-electron chi connectivity index (χ2n) is 4.25. The van der Waals surface area contributed by atoms with E-state index in [0.717, 1.165) is 0 Å². The number of rotatable bonds is 3. The minimum atomic E-state index is -0.963. The van der Waals surface area contributed by atoms with E-state index in [2.05, 4.69) is 56.9 Å². The van der Waals surface area contributed by atoms with Crippen LogP contribution >= 0.6 is 7.47 Å². The van der Waals surface area contributed by atoms with E-state index in [1.807, 2.05) is 0 Å². The lowest BCUT2D eigenvalue weighted by molar-refractivity contribution is 1.51. The Labute approximate surface area is 84.0 Å². The van der Waals surface area contributed by atoms with Gasteiger partial charge in [-0.2, -0.15) is 0 Å². The maximum absolute atomic E-state index is 2.48. The highest BCUT2D eigenvalue weighted by molar-refractivity contribution is 7.99. The first-order chi connectivity index (χ1) is 6.05. The second kappa shape index (κ2) is 4.39. The topological polar surface area (TPSA) is 0 Å². The van der Waals surface area contributed by atoms with E-state index < -0.39 is 7.74 Å². The molecule has 0 nitrogen and oxygen atoms in total. The summed E-state index contributed by atoms with van der Waals surface area (Å²) in [5, 5.41) is 1.60. The van der Waals surface area contributed by atoms with Crippen molar-refractivity contribution < 1.29 is 0 Å². The molecule has 0 aliphatic carbocycles. The summed E-state index contributed by atoms with van der Waals surface area (Å²) < 4.78 is 0. The third-order valence-corrected chi connectivity index (χ3v) is 11.9. The molecule has 72 valence electrons. The van der Waals surface area contributed by atoms with Gasteiger partial charge in [0.1, 0.15) is 0 Å². The second-order valence-corrected chi connectivity index (χ2v) is 16.2. The number of hydrogen-bond donors (Lipinski definition) is 0. The fourth-order valence-electron chi connectivity index (χ4n) is 1.65. The van der Waals surface area contributed by atoms with Gasteiger partial charge in [0.2, 0.25) is 0 Å². The molecule has 1 atom stereocenters. The zero-order valence-corrected chi connectivity index (χ0v) is 10.9. The molecule has 0 fully saturated rings. The normalized spacial score (nSPS) is 14.2. The van der Waals surface area contributed by atoms with Crippen molar-refractivity contribution in [2.75, 3.05) is 6.16 Å². The molecule has 1 rings (SSSR count). The van der Waals surface area contributed by atoms with Gasteiger partial charge in [-0.3, -0.25) is 0 Å². The summed E-state index contributed by atoms with van der Waals surface area (Å²) >= 11 is 0. The zero-order valence-electron chi connectivity index (χ0n) is 9.04. The molecule has 1 unspecified atom stereocenters. The van der Waals surface area contributed by atoms with Crippen LogP contribution in [0.4, 0.5) is 0 Å². The molecule has 13 heavy (non-hydrogen) atoms. The molecular weight excluding hydrogens is 191 g/mol. The van der Waals surface area contributed by atoms with Crippen molar-refractivity contribution in [3.63, 3.8) is 0 Å². The average Bonchev–Trinajstić information content (AvgIpc) is 2.05. The van der Waals surface area contributed by atoms with Crippen molar-refractivity contribution in [1.82, 2.24) is 0 Å². The maximum atomic E-state index is 2.48. The highest BCUT2D eigenvalue weighted by Gasteiger charge is 2.25. The lowest BCUT2D eigenvalue weighted by Gasteiger charge is -2.28. The first-order valence-electron chi connectivity index (χ1n) is 4.88. The summed E-state index contributed by atoms with van der Waals surface area (Å²) in [7, 11) is -0.818. The molecule has 2 heteroatoms. The van der Waals surface area contributed by atoms with Crippen molar-refractivity contribution in [3.05, 3.63) is 30.3 Å². The molecule has 0 radical (unpaired) electrons. The monoisotopic (exact) mass is 210 g/mol. The summed E-state index contributed by atoms with van der Waals surface area (Å²) in [5.41, 5.74) is 0. The van der Waals surface area contributed by atoms with Gasteiger partial charge in [0.05, 0.1) is 7.74 Å². The third-order valence-electron chi connectivity index (χ3n) is 2.19. The first kappa shape index (κ1) is 10.9. The molecule has 0 saturated heterocycles. The SMILES string of the molecule is CCP(c1ccccc1)[Si](C)(C)C. The van der Waals surface area contributed by atoms with Crippen LogP contribution < -0.4 is 5.30 Å². The molecule has 0 aliphatic heterocycles. The fraction of sp³-hybridized carbons (Fsp3) is 0.455. The van der Waals surface area contributed by atoms with Gasteiger partial charge < -0.3 is 0 Å². The van der Waals surface area contributed by atoms with Gasteiger partial charge in [-0.15, -0.1) is 0 Å². The fourth-order valence-corrected chi connectivity index (χ4v) is 9.89. The van der Waals surface area contributed by atoms with Crippen molar-refractivity contribution in [1.29, 1.82) is 0 Å². The Kier molecular flexibility index (Phi) is 3.70. The van der Waals surface area contributed by atoms with E-state index in [4.69, 9.17) is 0 Å². The van der Waals surface area contributed by atoms with Gasteiger partial charge >= 0.3 is 0 Å². The molecule has 0 bridgehead atoms. The molecule has 0 aliphatic rings. The van der Waals surface area contributed by atoms with Crippen LogP contribution in [-0.2, 0) is 0 Å². The molecule has 0 spiro atoms. The molecule has 1 aromatic rings.